The molecule has 7 aromatic rings. The van der Waals surface area contributed by atoms with E-state index >= 15 is 0 Å². The summed E-state index contributed by atoms with van der Waals surface area (Å²) in [6, 6.07) is 40.8. The molecule has 3 aromatic heterocycles. The molecule has 0 saturated carbocycles. The van der Waals surface area contributed by atoms with Crippen LogP contribution in [0.25, 0.3) is 33.5 Å². The van der Waals surface area contributed by atoms with Gasteiger partial charge in [-0.15, -0.1) is 0 Å². The number of aryl methyl sites for hydroxylation is 2. The summed E-state index contributed by atoms with van der Waals surface area (Å²) in [6.45, 7) is 3.76. The van der Waals surface area contributed by atoms with Crippen molar-refractivity contribution < 1.29 is 9.59 Å². The van der Waals surface area contributed by atoms with Gasteiger partial charge >= 0.3 is 0 Å². The van der Waals surface area contributed by atoms with E-state index in [2.05, 4.69) is 20.6 Å². The van der Waals surface area contributed by atoms with Gasteiger partial charge in [0, 0.05) is 44.7 Å². The highest BCUT2D eigenvalue weighted by Crippen LogP contribution is 2.46. The second-order valence-electron chi connectivity index (χ2n) is 13.2. The number of amidine groups is 2. The number of anilines is 1. The molecule has 0 bridgehead atoms. The van der Waals surface area contributed by atoms with Gasteiger partial charge in [-0.05, 0) is 72.5 Å². The molecular weight excluding hydrogens is 753 g/mol. The van der Waals surface area contributed by atoms with E-state index in [4.69, 9.17) is 38.2 Å². The van der Waals surface area contributed by atoms with Crippen molar-refractivity contribution in [2.45, 2.75) is 13.8 Å². The largest absolute Gasteiger partial charge is 0.325 e. The molecule has 0 saturated heterocycles. The Bertz CT molecular complexity index is 2780. The Kier molecular flexibility index (Phi) is 10.4. The highest BCUT2D eigenvalue weighted by molar-refractivity contribution is 6.51. The quantitative estimate of drug-likeness (QED) is 0.142. The smallest absolute Gasteiger partial charge is 0.257 e. The lowest BCUT2D eigenvalue weighted by Crippen LogP contribution is -2.31. The van der Waals surface area contributed by atoms with Crippen molar-refractivity contribution in [2.24, 2.45) is 9.98 Å². The van der Waals surface area contributed by atoms with Crippen LogP contribution in [0.3, 0.4) is 0 Å². The number of pyridine rings is 2. The minimum Gasteiger partial charge on any atom is -0.325 e. The molecule has 0 radical (unpaired) electrons. The first kappa shape index (κ1) is 37.0. The number of H-pyrrole nitrogens is 1. The number of rotatable bonds is 8. The molecule has 57 heavy (non-hydrogen) atoms. The number of amides is 2. The van der Waals surface area contributed by atoms with Crippen molar-refractivity contribution in [1.29, 1.82) is 0 Å². The molecule has 0 unspecified atom stereocenters. The van der Waals surface area contributed by atoms with Gasteiger partial charge in [-0.25, -0.2) is 9.98 Å². The molecule has 11 heteroatoms. The summed E-state index contributed by atoms with van der Waals surface area (Å²) in [7, 11) is 0. The zero-order valence-corrected chi connectivity index (χ0v) is 32.2. The van der Waals surface area contributed by atoms with Gasteiger partial charge in [0.25, 0.3) is 11.8 Å². The van der Waals surface area contributed by atoms with Crippen LogP contribution < -0.4 is 10.6 Å². The lowest BCUT2D eigenvalue weighted by atomic mass is 9.97. The van der Waals surface area contributed by atoms with E-state index in [-0.39, 0.29) is 23.5 Å². The molecule has 4 heterocycles. The average Bonchev–Trinajstić information content (AvgIpc) is 3.75. The van der Waals surface area contributed by atoms with Crippen LogP contribution in [0.1, 0.15) is 43.1 Å². The third kappa shape index (κ3) is 7.66. The van der Waals surface area contributed by atoms with Gasteiger partial charge < -0.3 is 15.6 Å². The molecule has 8 rings (SSSR count). The number of carbonyl (C=O) groups is 2. The van der Waals surface area contributed by atoms with E-state index in [1.807, 2.05) is 111 Å². The van der Waals surface area contributed by atoms with Gasteiger partial charge in [0.2, 0.25) is 0 Å². The molecule has 1 aliphatic heterocycles. The number of nitrogens with zero attached hydrogens (tertiary/aromatic N) is 4. The van der Waals surface area contributed by atoms with Gasteiger partial charge in [-0.1, -0.05) is 120 Å². The fourth-order valence-corrected chi connectivity index (χ4v) is 7.07. The Morgan fingerprint density at radius 1 is 0.596 bits per heavy atom. The van der Waals surface area contributed by atoms with Crippen LogP contribution in [0.15, 0.2) is 156 Å². The first-order chi connectivity index (χ1) is 27.7. The van der Waals surface area contributed by atoms with Crippen LogP contribution in [0, 0.1) is 13.8 Å². The van der Waals surface area contributed by atoms with Crippen LogP contribution in [-0.4, -0.2) is 38.4 Å². The number of aromatic amines is 1. The van der Waals surface area contributed by atoms with Gasteiger partial charge in [0.05, 0.1) is 22.5 Å². The van der Waals surface area contributed by atoms with Crippen LogP contribution in [0.5, 0.6) is 0 Å². The van der Waals surface area contributed by atoms with Gasteiger partial charge in [-0.3, -0.25) is 19.6 Å². The topological polar surface area (TPSA) is 124 Å². The standard InChI is InChI=1S/C46H33Cl2N7O2/c1-27-13-9-11-19-33(27)45(56)54-43-39(35-25-31(47)21-23-49-35)37(29-15-5-3-6-16-29)41(52-43)51-42-38(30-17-7-4-8-18-30)40(36-26-32(48)22-24-50-36)44(53-42)55-46(57)34-20-12-10-14-28(34)2/h3-26,52H,1-2H3,(H,54,56)(H,51,53,55,57). The molecule has 0 fully saturated rings. The van der Waals surface area contributed by atoms with E-state index in [9.17, 15) is 9.59 Å². The zero-order chi connectivity index (χ0) is 39.5. The number of hydrogen-bond acceptors (Lipinski definition) is 5. The first-order valence-corrected chi connectivity index (χ1v) is 18.8. The van der Waals surface area contributed by atoms with Gasteiger partial charge in [-0.2, -0.15) is 0 Å². The number of benzene rings is 4. The predicted molar refractivity (Wildman–Crippen MR) is 229 cm³/mol. The summed E-state index contributed by atoms with van der Waals surface area (Å²) >= 11 is 13.1. The van der Waals surface area contributed by atoms with Crippen molar-refractivity contribution in [3.8, 4) is 22.4 Å². The van der Waals surface area contributed by atoms with E-state index in [1.165, 1.54) is 0 Å². The number of carbonyl (C=O) groups excluding carboxylic acids is 2. The summed E-state index contributed by atoms with van der Waals surface area (Å²) in [4.78, 5) is 50.9. The minimum absolute atomic E-state index is 0.244. The Labute approximate surface area is 338 Å². The van der Waals surface area contributed by atoms with Gasteiger partial charge in [0.1, 0.15) is 17.5 Å². The van der Waals surface area contributed by atoms with Crippen LogP contribution >= 0.6 is 23.2 Å². The molecule has 2 amide bonds. The molecule has 4 aromatic carbocycles. The number of hydrogen-bond donors (Lipinski definition) is 3. The SMILES string of the molecule is Cc1ccccc1C(=O)NC1=NC(=Nc2[nH]c(NC(=O)c3ccccc3C)c(-c3cc(Cl)ccn3)c2-c2ccccc2)C(c2ccccc2)=C1c1cc(Cl)ccn1. The van der Waals surface area contributed by atoms with Crippen molar-refractivity contribution >= 4 is 69.5 Å². The molecule has 0 atom stereocenters. The molecule has 3 N–H and O–H groups in total. The lowest BCUT2D eigenvalue weighted by Gasteiger charge is -2.12. The predicted octanol–water partition coefficient (Wildman–Crippen LogP) is 10.8. The summed E-state index contributed by atoms with van der Waals surface area (Å²) in [6.07, 6.45) is 3.22. The van der Waals surface area contributed by atoms with E-state index in [0.29, 0.717) is 66.5 Å². The summed E-state index contributed by atoms with van der Waals surface area (Å²) in [5, 5.41) is 7.09. The number of nitrogens with one attached hydrogen (secondary N) is 3. The fourth-order valence-electron chi connectivity index (χ4n) is 6.75. The highest BCUT2D eigenvalue weighted by atomic mass is 35.5. The highest BCUT2D eigenvalue weighted by Gasteiger charge is 2.32. The second-order valence-corrected chi connectivity index (χ2v) is 14.1. The van der Waals surface area contributed by atoms with Crippen LogP contribution in [0.4, 0.5) is 11.6 Å². The minimum atomic E-state index is -0.347. The molecule has 0 spiro atoms. The first-order valence-electron chi connectivity index (χ1n) is 18.0. The molecular formula is C46H33Cl2N7O2. The number of aromatic nitrogens is 3. The van der Waals surface area contributed by atoms with Crippen molar-refractivity contribution in [3.05, 3.63) is 189 Å². The van der Waals surface area contributed by atoms with E-state index in [1.54, 1.807) is 48.8 Å². The van der Waals surface area contributed by atoms with Crippen molar-refractivity contribution in [3.63, 3.8) is 0 Å². The number of aliphatic imine (C=N–C) groups is 2. The molecule has 1 aliphatic rings. The monoisotopic (exact) mass is 785 g/mol. The molecule has 278 valence electrons. The Morgan fingerprint density at radius 2 is 1.12 bits per heavy atom. The normalized spacial score (nSPS) is 13.1. The number of halogens is 2. The fraction of sp³-hybridized carbons (Fsp3) is 0.0435. The summed E-state index contributed by atoms with van der Waals surface area (Å²) < 4.78 is 0. The Hall–Kier alpha value is -6.94. The average molecular weight is 787 g/mol. The van der Waals surface area contributed by atoms with E-state index < -0.39 is 0 Å². The van der Waals surface area contributed by atoms with Crippen molar-refractivity contribution in [2.75, 3.05) is 5.32 Å². The van der Waals surface area contributed by atoms with Gasteiger partial charge in [0.15, 0.2) is 5.84 Å². The third-order valence-electron chi connectivity index (χ3n) is 9.46. The molecule has 9 nitrogen and oxygen atoms in total. The van der Waals surface area contributed by atoms with Crippen molar-refractivity contribution in [1.82, 2.24) is 20.3 Å². The second kappa shape index (κ2) is 16.0. The molecule has 0 aliphatic carbocycles. The van der Waals surface area contributed by atoms with Crippen LogP contribution in [-0.2, 0) is 0 Å². The van der Waals surface area contributed by atoms with Crippen LogP contribution in [0.2, 0.25) is 10.0 Å². The lowest BCUT2D eigenvalue weighted by molar-refractivity contribution is 0.0975. The Morgan fingerprint density at radius 3 is 1.72 bits per heavy atom. The maximum absolute atomic E-state index is 13.9. The Balaban J connectivity index is 1.39. The summed E-state index contributed by atoms with van der Waals surface area (Å²) in [5.41, 5.74) is 7.52. The summed E-state index contributed by atoms with van der Waals surface area (Å²) in [5.74, 6) is 0.576. The maximum Gasteiger partial charge on any atom is 0.257 e. The maximum atomic E-state index is 13.9. The van der Waals surface area contributed by atoms with E-state index in [0.717, 1.165) is 22.3 Å². The third-order valence-corrected chi connectivity index (χ3v) is 9.93. The zero-order valence-electron chi connectivity index (χ0n) is 30.7.